The number of ether oxygens (including phenoxy) is 3. The zero-order valence-electron chi connectivity index (χ0n) is 21.7. The van der Waals surface area contributed by atoms with Crippen LogP contribution in [0.3, 0.4) is 0 Å². The zero-order valence-corrected chi connectivity index (χ0v) is 21.7. The minimum atomic E-state index is -0.484. The summed E-state index contributed by atoms with van der Waals surface area (Å²) in [6, 6.07) is 7.05. The van der Waals surface area contributed by atoms with Crippen LogP contribution in [-0.2, 0) is 20.7 Å². The summed E-state index contributed by atoms with van der Waals surface area (Å²) in [6.07, 6.45) is 3.30. The van der Waals surface area contributed by atoms with Crippen molar-refractivity contribution in [2.24, 2.45) is 0 Å². The molecular formula is C27H34N4O5. The summed E-state index contributed by atoms with van der Waals surface area (Å²) in [6.45, 7) is 6.63. The molecule has 36 heavy (non-hydrogen) atoms. The summed E-state index contributed by atoms with van der Waals surface area (Å²) >= 11 is 0. The van der Waals surface area contributed by atoms with Gasteiger partial charge in [0.05, 0.1) is 26.5 Å². The number of esters is 1. The Morgan fingerprint density at radius 1 is 1.11 bits per heavy atom. The van der Waals surface area contributed by atoms with Crippen molar-refractivity contribution in [2.75, 3.05) is 27.4 Å². The van der Waals surface area contributed by atoms with E-state index in [0.29, 0.717) is 43.9 Å². The summed E-state index contributed by atoms with van der Waals surface area (Å²) < 4.78 is 17.9. The lowest BCUT2D eigenvalue weighted by Gasteiger charge is -2.34. The first-order valence-corrected chi connectivity index (χ1v) is 12.4. The lowest BCUT2D eigenvalue weighted by molar-refractivity contribution is -0.156. The van der Waals surface area contributed by atoms with Crippen LogP contribution in [-0.4, -0.2) is 64.8 Å². The molecule has 1 aromatic carbocycles. The van der Waals surface area contributed by atoms with E-state index in [1.807, 2.05) is 42.6 Å². The second-order valence-electron chi connectivity index (χ2n) is 8.98. The maximum Gasteiger partial charge on any atom is 0.328 e. The molecule has 9 heteroatoms. The quantitative estimate of drug-likeness (QED) is 0.438. The van der Waals surface area contributed by atoms with E-state index in [0.717, 1.165) is 46.7 Å². The molecule has 1 saturated heterocycles. The van der Waals surface area contributed by atoms with Crippen LogP contribution in [0.1, 0.15) is 49.6 Å². The van der Waals surface area contributed by atoms with Gasteiger partial charge in [0.2, 0.25) is 5.91 Å². The Balaban J connectivity index is 1.57. The van der Waals surface area contributed by atoms with Crippen LogP contribution in [0, 0.1) is 13.8 Å². The fourth-order valence-electron chi connectivity index (χ4n) is 4.92. The van der Waals surface area contributed by atoms with Gasteiger partial charge in [-0.05, 0) is 64.2 Å². The lowest BCUT2D eigenvalue weighted by Crippen LogP contribution is -2.48. The number of rotatable bonds is 8. The molecule has 0 aliphatic carbocycles. The molecule has 2 aromatic heterocycles. The van der Waals surface area contributed by atoms with Gasteiger partial charge in [0.1, 0.15) is 17.5 Å². The minimum Gasteiger partial charge on any atom is -0.497 e. The van der Waals surface area contributed by atoms with E-state index in [-0.39, 0.29) is 11.9 Å². The molecule has 0 radical (unpaired) electrons. The number of hydrogen-bond donors (Lipinski definition) is 0. The average Bonchev–Trinajstić information content (AvgIpc) is 3.32. The molecule has 1 fully saturated rings. The van der Waals surface area contributed by atoms with Crippen molar-refractivity contribution in [3.05, 3.63) is 41.2 Å². The second kappa shape index (κ2) is 11.0. The first-order valence-electron chi connectivity index (χ1n) is 12.4. The molecule has 4 rings (SSSR count). The summed E-state index contributed by atoms with van der Waals surface area (Å²) in [5.74, 6) is 1.03. The number of methoxy groups -OCH3 is 2. The number of aryl methyl sites for hydroxylation is 2. The van der Waals surface area contributed by atoms with Crippen molar-refractivity contribution in [2.45, 2.75) is 58.9 Å². The fraction of sp³-hybridized carbons (Fsp3) is 0.481. The molecule has 1 aliphatic heterocycles. The Labute approximate surface area is 211 Å². The normalized spacial score (nSPS) is 15.7. The first kappa shape index (κ1) is 25.5. The van der Waals surface area contributed by atoms with Gasteiger partial charge in [-0.15, -0.1) is 0 Å². The molecule has 0 saturated carbocycles. The van der Waals surface area contributed by atoms with E-state index < -0.39 is 6.04 Å². The molecule has 0 N–H and O–H groups in total. The van der Waals surface area contributed by atoms with Gasteiger partial charge < -0.3 is 19.1 Å². The molecular weight excluding hydrogens is 460 g/mol. The summed E-state index contributed by atoms with van der Waals surface area (Å²) in [5, 5.41) is 4.80. The predicted molar refractivity (Wildman–Crippen MR) is 135 cm³/mol. The number of benzene rings is 1. The summed E-state index contributed by atoms with van der Waals surface area (Å²) in [5.41, 5.74) is 5.09. The van der Waals surface area contributed by atoms with Gasteiger partial charge in [0.15, 0.2) is 5.65 Å². The maximum absolute atomic E-state index is 13.1. The van der Waals surface area contributed by atoms with E-state index in [1.165, 1.54) is 0 Å². The lowest BCUT2D eigenvalue weighted by atomic mass is 10.00. The van der Waals surface area contributed by atoms with Crippen molar-refractivity contribution in [3.63, 3.8) is 0 Å². The highest BCUT2D eigenvalue weighted by Crippen LogP contribution is 2.33. The highest BCUT2D eigenvalue weighted by atomic mass is 16.5. The molecule has 1 unspecified atom stereocenters. The standard InChI is InChI=1S/C27H34N4O5/c1-6-36-27(33)23-9-7-8-14-30(23)26(32)13-12-20-17(2)28-25-16-22(29-31(25)18(20)3)21-11-10-19(34-4)15-24(21)35-5/h10-11,15-16,23H,6-9,12-14H2,1-5H3. The van der Waals surface area contributed by atoms with Crippen LogP contribution in [0.5, 0.6) is 11.5 Å². The number of piperidine rings is 1. The molecule has 1 aliphatic rings. The SMILES string of the molecule is CCOC(=O)C1CCCCN1C(=O)CCc1c(C)nc2cc(-c3ccc(OC)cc3OC)nn2c1C. The average molecular weight is 495 g/mol. The van der Waals surface area contributed by atoms with Crippen molar-refractivity contribution < 1.29 is 23.8 Å². The third-order valence-electron chi connectivity index (χ3n) is 6.82. The van der Waals surface area contributed by atoms with E-state index >= 15 is 0 Å². The molecule has 0 spiro atoms. The fourth-order valence-corrected chi connectivity index (χ4v) is 4.92. The predicted octanol–water partition coefficient (Wildman–Crippen LogP) is 3.91. The van der Waals surface area contributed by atoms with Gasteiger partial charge in [0.25, 0.3) is 0 Å². The smallest absolute Gasteiger partial charge is 0.328 e. The van der Waals surface area contributed by atoms with Crippen LogP contribution in [0.4, 0.5) is 0 Å². The molecule has 192 valence electrons. The van der Waals surface area contributed by atoms with Gasteiger partial charge in [0, 0.05) is 42.0 Å². The van der Waals surface area contributed by atoms with Gasteiger partial charge in [-0.2, -0.15) is 5.10 Å². The Morgan fingerprint density at radius 2 is 1.92 bits per heavy atom. The molecule has 0 bridgehead atoms. The second-order valence-corrected chi connectivity index (χ2v) is 8.98. The Bertz CT molecular complexity index is 1270. The summed E-state index contributed by atoms with van der Waals surface area (Å²) in [4.78, 5) is 32.0. The van der Waals surface area contributed by atoms with E-state index in [4.69, 9.17) is 24.3 Å². The van der Waals surface area contributed by atoms with E-state index in [1.54, 1.807) is 26.0 Å². The van der Waals surface area contributed by atoms with Crippen molar-refractivity contribution in [1.82, 2.24) is 19.5 Å². The van der Waals surface area contributed by atoms with Crippen LogP contribution >= 0.6 is 0 Å². The van der Waals surface area contributed by atoms with Gasteiger partial charge in [-0.1, -0.05) is 0 Å². The number of nitrogens with zero attached hydrogens (tertiary/aromatic N) is 4. The van der Waals surface area contributed by atoms with E-state index in [2.05, 4.69) is 0 Å². The zero-order chi connectivity index (χ0) is 25.8. The molecule has 1 atom stereocenters. The number of hydrogen-bond acceptors (Lipinski definition) is 7. The number of likely N-dealkylation sites (tertiary alicyclic amines) is 1. The number of carbonyl (C=O) groups excluding carboxylic acids is 2. The van der Waals surface area contributed by atoms with Crippen LogP contribution in [0.15, 0.2) is 24.3 Å². The Kier molecular flexibility index (Phi) is 7.76. The number of carbonyl (C=O) groups is 2. The number of aromatic nitrogens is 3. The van der Waals surface area contributed by atoms with E-state index in [9.17, 15) is 9.59 Å². The third-order valence-corrected chi connectivity index (χ3v) is 6.82. The molecule has 1 amide bonds. The van der Waals surface area contributed by atoms with Crippen molar-refractivity contribution in [1.29, 1.82) is 0 Å². The van der Waals surface area contributed by atoms with Crippen molar-refractivity contribution in [3.8, 4) is 22.8 Å². The molecule has 3 heterocycles. The Hall–Kier alpha value is -3.62. The van der Waals surface area contributed by atoms with Gasteiger partial charge in [-0.3, -0.25) is 4.79 Å². The Morgan fingerprint density at radius 3 is 2.64 bits per heavy atom. The van der Waals surface area contributed by atoms with Crippen LogP contribution in [0.25, 0.3) is 16.9 Å². The minimum absolute atomic E-state index is 0.0317. The van der Waals surface area contributed by atoms with Crippen molar-refractivity contribution >= 4 is 17.5 Å². The largest absolute Gasteiger partial charge is 0.497 e. The highest BCUT2D eigenvalue weighted by molar-refractivity contribution is 5.85. The van der Waals surface area contributed by atoms with Gasteiger partial charge in [-0.25, -0.2) is 14.3 Å². The number of amides is 1. The molecule has 9 nitrogen and oxygen atoms in total. The molecule has 3 aromatic rings. The number of fused-ring (bicyclic) bond motifs is 1. The first-order chi connectivity index (χ1) is 17.4. The summed E-state index contributed by atoms with van der Waals surface area (Å²) in [7, 11) is 3.23. The van der Waals surface area contributed by atoms with Crippen LogP contribution in [0.2, 0.25) is 0 Å². The monoisotopic (exact) mass is 494 g/mol. The highest BCUT2D eigenvalue weighted by Gasteiger charge is 2.33. The van der Waals surface area contributed by atoms with Gasteiger partial charge >= 0.3 is 5.97 Å². The maximum atomic E-state index is 13.1. The topological polar surface area (TPSA) is 95.3 Å². The van der Waals surface area contributed by atoms with Crippen LogP contribution < -0.4 is 9.47 Å². The third kappa shape index (κ3) is 5.01.